The van der Waals surface area contributed by atoms with Crippen LogP contribution in [0, 0.1) is 0 Å². The van der Waals surface area contributed by atoms with Gasteiger partial charge < -0.3 is 9.73 Å². The molecule has 0 aliphatic rings. The van der Waals surface area contributed by atoms with E-state index in [1.807, 2.05) is 12.1 Å². The highest BCUT2D eigenvalue weighted by Crippen LogP contribution is 2.23. The molecule has 0 amide bonds. The van der Waals surface area contributed by atoms with E-state index in [9.17, 15) is 0 Å². The van der Waals surface area contributed by atoms with Crippen molar-refractivity contribution in [2.45, 2.75) is 32.4 Å². The smallest absolute Gasteiger partial charge is 0.120 e. The second kappa shape index (κ2) is 5.32. The van der Waals surface area contributed by atoms with E-state index in [4.69, 9.17) is 4.42 Å². The third-order valence-corrected chi connectivity index (χ3v) is 3.49. The fourth-order valence-electron chi connectivity index (χ4n) is 1.81. The number of hydrogen-bond donors (Lipinski definition) is 1. The van der Waals surface area contributed by atoms with Crippen LogP contribution < -0.4 is 5.32 Å². The summed E-state index contributed by atoms with van der Waals surface area (Å²) in [6.07, 6.45) is 2.76. The van der Waals surface area contributed by atoms with Crippen LogP contribution in [0.15, 0.2) is 39.6 Å². The number of furan rings is 1. The number of thiophene rings is 1. The largest absolute Gasteiger partial charge is 0.468 e. The normalized spacial score (nSPS) is 14.9. The van der Waals surface area contributed by atoms with Gasteiger partial charge in [0.05, 0.1) is 12.3 Å². The molecule has 2 nitrogen and oxygen atoms in total. The fourth-order valence-corrected chi connectivity index (χ4v) is 2.56. The van der Waals surface area contributed by atoms with Crippen molar-refractivity contribution >= 4 is 11.3 Å². The zero-order chi connectivity index (χ0) is 11.4. The van der Waals surface area contributed by atoms with Crippen LogP contribution in [0.2, 0.25) is 0 Å². The summed E-state index contributed by atoms with van der Waals surface area (Å²) in [5.74, 6) is 1.02. The maximum Gasteiger partial charge on any atom is 0.120 e. The Labute approximate surface area is 100 Å². The van der Waals surface area contributed by atoms with Crippen molar-refractivity contribution in [3.63, 3.8) is 0 Å². The van der Waals surface area contributed by atoms with E-state index in [0.717, 1.165) is 12.2 Å². The van der Waals surface area contributed by atoms with Gasteiger partial charge in [-0.15, -0.1) is 0 Å². The minimum atomic E-state index is 0.296. The molecule has 2 aromatic heterocycles. The first kappa shape index (κ1) is 11.4. The van der Waals surface area contributed by atoms with E-state index in [1.54, 1.807) is 17.6 Å². The van der Waals surface area contributed by atoms with Gasteiger partial charge in [0.2, 0.25) is 0 Å². The molecule has 2 unspecified atom stereocenters. The topological polar surface area (TPSA) is 25.2 Å². The molecule has 2 heterocycles. The molecule has 0 fully saturated rings. The Hall–Kier alpha value is -1.06. The van der Waals surface area contributed by atoms with Crippen LogP contribution in [0.5, 0.6) is 0 Å². The van der Waals surface area contributed by atoms with Crippen molar-refractivity contribution in [2.75, 3.05) is 0 Å². The van der Waals surface area contributed by atoms with Crippen molar-refractivity contribution in [3.8, 4) is 0 Å². The van der Waals surface area contributed by atoms with E-state index >= 15 is 0 Å². The Morgan fingerprint density at radius 2 is 2.31 bits per heavy atom. The molecule has 2 aromatic rings. The van der Waals surface area contributed by atoms with Crippen molar-refractivity contribution in [2.24, 2.45) is 0 Å². The summed E-state index contributed by atoms with van der Waals surface area (Å²) in [6.45, 7) is 4.36. The first-order valence-corrected chi connectivity index (χ1v) is 6.57. The van der Waals surface area contributed by atoms with Crippen molar-refractivity contribution in [1.29, 1.82) is 0 Å². The highest BCUT2D eigenvalue weighted by atomic mass is 32.1. The lowest BCUT2D eigenvalue weighted by atomic mass is 10.1. The van der Waals surface area contributed by atoms with E-state index in [0.29, 0.717) is 12.1 Å². The first-order valence-electron chi connectivity index (χ1n) is 5.62. The van der Waals surface area contributed by atoms with Gasteiger partial charge in [-0.1, -0.05) is 6.92 Å². The second-order valence-corrected chi connectivity index (χ2v) is 4.70. The van der Waals surface area contributed by atoms with Crippen molar-refractivity contribution in [3.05, 3.63) is 46.5 Å². The molecule has 0 bridgehead atoms. The van der Waals surface area contributed by atoms with Gasteiger partial charge in [-0.05, 0) is 47.9 Å². The molecule has 0 aromatic carbocycles. The highest BCUT2D eigenvalue weighted by molar-refractivity contribution is 7.07. The Morgan fingerprint density at radius 1 is 1.44 bits per heavy atom. The van der Waals surface area contributed by atoms with Crippen LogP contribution in [0.25, 0.3) is 0 Å². The van der Waals surface area contributed by atoms with Crippen LogP contribution in [-0.2, 0) is 0 Å². The van der Waals surface area contributed by atoms with Gasteiger partial charge in [-0.3, -0.25) is 0 Å². The number of hydrogen-bond acceptors (Lipinski definition) is 3. The zero-order valence-corrected chi connectivity index (χ0v) is 10.5. The Bertz CT molecular complexity index is 394. The lowest BCUT2D eigenvalue weighted by molar-refractivity contribution is 0.377. The predicted octanol–water partition coefficient (Wildman–Crippen LogP) is 4.14. The van der Waals surface area contributed by atoms with E-state index < -0.39 is 0 Å². The summed E-state index contributed by atoms with van der Waals surface area (Å²) in [6, 6.07) is 6.79. The van der Waals surface area contributed by atoms with Gasteiger partial charge in [-0.25, -0.2) is 0 Å². The molecule has 2 rings (SSSR count). The monoisotopic (exact) mass is 235 g/mol. The Morgan fingerprint density at radius 3 is 2.88 bits per heavy atom. The third kappa shape index (κ3) is 2.54. The number of nitrogens with one attached hydrogen (secondary N) is 1. The summed E-state index contributed by atoms with van der Waals surface area (Å²) in [5, 5.41) is 7.88. The van der Waals surface area contributed by atoms with Crippen molar-refractivity contribution < 1.29 is 4.42 Å². The molecular weight excluding hydrogens is 218 g/mol. The summed E-state index contributed by atoms with van der Waals surface area (Å²) in [5.41, 5.74) is 1.34. The predicted molar refractivity (Wildman–Crippen MR) is 67.6 cm³/mol. The van der Waals surface area contributed by atoms with Crippen LogP contribution in [0.3, 0.4) is 0 Å². The lowest BCUT2D eigenvalue weighted by Gasteiger charge is -2.20. The van der Waals surface area contributed by atoms with E-state index in [1.165, 1.54) is 5.56 Å². The Kier molecular flexibility index (Phi) is 3.80. The van der Waals surface area contributed by atoms with Crippen LogP contribution in [-0.4, -0.2) is 0 Å². The number of rotatable bonds is 5. The molecule has 0 saturated carbocycles. The lowest BCUT2D eigenvalue weighted by Crippen LogP contribution is -2.23. The molecule has 2 atom stereocenters. The maximum atomic E-state index is 5.44. The highest BCUT2D eigenvalue weighted by Gasteiger charge is 2.15. The maximum absolute atomic E-state index is 5.44. The molecule has 3 heteroatoms. The molecule has 86 valence electrons. The quantitative estimate of drug-likeness (QED) is 0.842. The van der Waals surface area contributed by atoms with Gasteiger partial charge in [-0.2, -0.15) is 11.3 Å². The summed E-state index contributed by atoms with van der Waals surface area (Å²) >= 11 is 1.74. The summed E-state index contributed by atoms with van der Waals surface area (Å²) < 4.78 is 5.44. The van der Waals surface area contributed by atoms with E-state index in [2.05, 4.69) is 36.0 Å². The third-order valence-electron chi connectivity index (χ3n) is 2.79. The minimum Gasteiger partial charge on any atom is -0.468 e. The van der Waals surface area contributed by atoms with Crippen LogP contribution in [0.4, 0.5) is 0 Å². The SMILES string of the molecule is CCC(NC(C)c1ccsc1)c1ccco1. The van der Waals surface area contributed by atoms with Gasteiger partial charge in [0.15, 0.2) is 0 Å². The molecule has 0 spiro atoms. The molecular formula is C13H17NOS. The summed E-state index contributed by atoms with van der Waals surface area (Å²) in [4.78, 5) is 0. The first-order chi connectivity index (χ1) is 7.81. The molecule has 0 saturated heterocycles. The van der Waals surface area contributed by atoms with Gasteiger partial charge in [0.1, 0.15) is 5.76 Å². The molecule has 0 aliphatic heterocycles. The average molecular weight is 235 g/mol. The molecule has 0 aliphatic carbocycles. The zero-order valence-electron chi connectivity index (χ0n) is 9.64. The molecule has 0 radical (unpaired) electrons. The second-order valence-electron chi connectivity index (χ2n) is 3.92. The minimum absolute atomic E-state index is 0.296. The van der Waals surface area contributed by atoms with Gasteiger partial charge >= 0.3 is 0 Å². The van der Waals surface area contributed by atoms with Crippen LogP contribution >= 0.6 is 11.3 Å². The van der Waals surface area contributed by atoms with Crippen LogP contribution in [0.1, 0.15) is 43.7 Å². The molecule has 16 heavy (non-hydrogen) atoms. The standard InChI is InChI=1S/C13H17NOS/c1-3-12(13-5-4-7-15-13)14-10(2)11-6-8-16-9-11/h4-10,12,14H,3H2,1-2H3. The van der Waals surface area contributed by atoms with Gasteiger partial charge in [0.25, 0.3) is 0 Å². The fraction of sp³-hybridized carbons (Fsp3) is 0.385. The van der Waals surface area contributed by atoms with Gasteiger partial charge in [0, 0.05) is 6.04 Å². The average Bonchev–Trinajstić information content (AvgIpc) is 2.96. The Balaban J connectivity index is 2.02. The van der Waals surface area contributed by atoms with Crippen molar-refractivity contribution in [1.82, 2.24) is 5.32 Å². The molecule has 1 N–H and O–H groups in total. The van der Waals surface area contributed by atoms with E-state index in [-0.39, 0.29) is 0 Å². The summed E-state index contributed by atoms with van der Waals surface area (Å²) in [7, 11) is 0.